The molecular weight excluding hydrogens is 232 g/mol. The lowest BCUT2D eigenvalue weighted by Crippen LogP contribution is -2.20. The fourth-order valence-electron chi connectivity index (χ4n) is 1.86. The number of likely N-dealkylation sites (N-methyl/N-ethyl adjacent to an activating group) is 1. The van der Waals surface area contributed by atoms with Crippen molar-refractivity contribution in [2.24, 2.45) is 0 Å². The molecule has 0 aromatic carbocycles. The van der Waals surface area contributed by atoms with Crippen LogP contribution < -0.4 is 5.32 Å². The van der Waals surface area contributed by atoms with Gasteiger partial charge in [-0.15, -0.1) is 11.3 Å². The first-order valence-electron chi connectivity index (χ1n) is 5.92. The zero-order valence-corrected chi connectivity index (χ0v) is 11.1. The maximum Gasteiger partial charge on any atom is 0.138 e. The van der Waals surface area contributed by atoms with Crippen LogP contribution in [-0.4, -0.2) is 21.8 Å². The topological polar surface area (TPSA) is 42.7 Å². The van der Waals surface area contributed by atoms with Gasteiger partial charge in [0.1, 0.15) is 12.2 Å². The number of hydrogen-bond donors (Lipinski definition) is 1. The summed E-state index contributed by atoms with van der Waals surface area (Å²) in [6.45, 7) is 3.09. The largest absolute Gasteiger partial charge is 0.312 e. The SMILES string of the molecule is CCCn1ncnc1CC(NC)c1cccs1. The molecule has 1 N–H and O–H groups in total. The van der Waals surface area contributed by atoms with Crippen LogP contribution in [0.2, 0.25) is 0 Å². The van der Waals surface area contributed by atoms with Crippen LogP contribution in [0, 0.1) is 0 Å². The van der Waals surface area contributed by atoms with Crippen LogP contribution in [0.15, 0.2) is 23.8 Å². The van der Waals surface area contributed by atoms with E-state index in [1.54, 1.807) is 17.7 Å². The second kappa shape index (κ2) is 5.93. The van der Waals surface area contributed by atoms with Gasteiger partial charge in [-0.3, -0.25) is 4.68 Å². The Labute approximate surface area is 106 Å². The lowest BCUT2D eigenvalue weighted by Gasteiger charge is -2.14. The number of thiophene rings is 1. The van der Waals surface area contributed by atoms with E-state index in [0.29, 0.717) is 6.04 Å². The average molecular weight is 250 g/mol. The first-order chi connectivity index (χ1) is 8.35. The second-order valence-corrected chi connectivity index (χ2v) is 4.94. The Morgan fingerprint density at radius 2 is 2.41 bits per heavy atom. The van der Waals surface area contributed by atoms with Gasteiger partial charge in [0.25, 0.3) is 0 Å². The number of aryl methyl sites for hydroxylation is 1. The molecule has 0 aliphatic carbocycles. The summed E-state index contributed by atoms with van der Waals surface area (Å²) < 4.78 is 2.00. The van der Waals surface area contributed by atoms with Crippen molar-refractivity contribution in [3.63, 3.8) is 0 Å². The Morgan fingerprint density at radius 3 is 3.06 bits per heavy atom. The molecule has 4 nitrogen and oxygen atoms in total. The van der Waals surface area contributed by atoms with Crippen LogP contribution in [-0.2, 0) is 13.0 Å². The molecule has 92 valence electrons. The lowest BCUT2D eigenvalue weighted by atomic mass is 10.1. The molecule has 0 aliphatic rings. The highest BCUT2D eigenvalue weighted by Gasteiger charge is 2.14. The standard InChI is InChI=1S/C12H18N4S/c1-3-6-16-12(14-9-15-16)8-10(13-2)11-5-4-7-17-11/h4-5,7,9-10,13H,3,6,8H2,1-2H3. The predicted molar refractivity (Wildman–Crippen MR) is 70.1 cm³/mol. The Hall–Kier alpha value is -1.20. The first-order valence-corrected chi connectivity index (χ1v) is 6.80. The molecule has 1 atom stereocenters. The van der Waals surface area contributed by atoms with Crippen molar-refractivity contribution < 1.29 is 0 Å². The zero-order chi connectivity index (χ0) is 12.1. The molecule has 0 fully saturated rings. The molecule has 0 saturated heterocycles. The third kappa shape index (κ3) is 2.92. The van der Waals surface area contributed by atoms with Crippen molar-refractivity contribution in [2.45, 2.75) is 32.4 Å². The van der Waals surface area contributed by atoms with E-state index >= 15 is 0 Å². The first kappa shape index (κ1) is 12.3. The Kier molecular flexibility index (Phi) is 4.28. The molecule has 0 bridgehead atoms. The van der Waals surface area contributed by atoms with Gasteiger partial charge >= 0.3 is 0 Å². The summed E-state index contributed by atoms with van der Waals surface area (Å²) in [6.07, 6.45) is 3.61. The maximum absolute atomic E-state index is 4.35. The third-order valence-corrected chi connectivity index (χ3v) is 3.74. The van der Waals surface area contributed by atoms with Gasteiger partial charge in [-0.05, 0) is 24.9 Å². The number of aromatic nitrogens is 3. The molecule has 0 radical (unpaired) electrons. The molecule has 0 aliphatic heterocycles. The van der Waals surface area contributed by atoms with Crippen molar-refractivity contribution in [3.05, 3.63) is 34.5 Å². The molecule has 2 heterocycles. The normalized spacial score (nSPS) is 12.8. The van der Waals surface area contributed by atoms with Gasteiger partial charge in [0, 0.05) is 23.9 Å². The highest BCUT2D eigenvalue weighted by molar-refractivity contribution is 7.10. The van der Waals surface area contributed by atoms with Crippen LogP contribution in [0.4, 0.5) is 0 Å². The van der Waals surface area contributed by atoms with Gasteiger partial charge in [0.05, 0.1) is 0 Å². The van der Waals surface area contributed by atoms with Crippen LogP contribution in [0.5, 0.6) is 0 Å². The summed E-state index contributed by atoms with van der Waals surface area (Å²) in [7, 11) is 1.99. The van der Waals surface area contributed by atoms with Crippen LogP contribution in [0.3, 0.4) is 0 Å². The summed E-state index contributed by atoms with van der Waals surface area (Å²) in [4.78, 5) is 5.69. The highest BCUT2D eigenvalue weighted by Crippen LogP contribution is 2.21. The molecule has 2 rings (SSSR count). The van der Waals surface area contributed by atoms with Crippen molar-refractivity contribution in [2.75, 3.05) is 7.05 Å². The number of hydrogen-bond acceptors (Lipinski definition) is 4. The fraction of sp³-hybridized carbons (Fsp3) is 0.500. The summed E-state index contributed by atoms with van der Waals surface area (Å²) in [6, 6.07) is 4.57. The smallest absolute Gasteiger partial charge is 0.138 e. The number of nitrogens with one attached hydrogen (secondary N) is 1. The molecule has 2 aromatic heterocycles. The van der Waals surface area contributed by atoms with Gasteiger partial charge in [0.15, 0.2) is 0 Å². The van der Waals surface area contributed by atoms with E-state index in [0.717, 1.165) is 25.2 Å². The molecular formula is C12H18N4S. The summed E-state index contributed by atoms with van der Waals surface area (Å²) in [5.41, 5.74) is 0. The van der Waals surface area contributed by atoms with Crippen molar-refractivity contribution in [3.8, 4) is 0 Å². The van der Waals surface area contributed by atoms with Crippen LogP contribution >= 0.6 is 11.3 Å². The second-order valence-electron chi connectivity index (χ2n) is 3.96. The minimum absolute atomic E-state index is 0.329. The van der Waals surface area contributed by atoms with E-state index in [9.17, 15) is 0 Å². The molecule has 0 saturated carbocycles. The highest BCUT2D eigenvalue weighted by atomic mass is 32.1. The van der Waals surface area contributed by atoms with E-state index < -0.39 is 0 Å². The van der Waals surface area contributed by atoms with Crippen molar-refractivity contribution >= 4 is 11.3 Å². The molecule has 17 heavy (non-hydrogen) atoms. The van der Waals surface area contributed by atoms with Crippen molar-refractivity contribution in [1.29, 1.82) is 0 Å². The Morgan fingerprint density at radius 1 is 1.53 bits per heavy atom. The van der Waals surface area contributed by atoms with Gasteiger partial charge < -0.3 is 5.32 Å². The van der Waals surface area contributed by atoms with Crippen molar-refractivity contribution in [1.82, 2.24) is 20.1 Å². The molecule has 1 unspecified atom stereocenters. The average Bonchev–Trinajstić information content (AvgIpc) is 2.97. The number of rotatable bonds is 6. The predicted octanol–water partition coefficient (Wildman–Crippen LogP) is 2.25. The fourth-order valence-corrected chi connectivity index (χ4v) is 2.70. The number of nitrogens with zero attached hydrogens (tertiary/aromatic N) is 3. The molecule has 0 spiro atoms. The van der Waals surface area contributed by atoms with E-state index in [1.807, 2.05) is 11.7 Å². The minimum Gasteiger partial charge on any atom is -0.312 e. The quantitative estimate of drug-likeness (QED) is 0.855. The third-order valence-electron chi connectivity index (χ3n) is 2.75. The van der Waals surface area contributed by atoms with Gasteiger partial charge in [-0.1, -0.05) is 13.0 Å². The van der Waals surface area contributed by atoms with Crippen LogP contribution in [0.1, 0.15) is 30.1 Å². The van der Waals surface area contributed by atoms with E-state index in [-0.39, 0.29) is 0 Å². The molecule has 0 amide bonds. The molecule has 2 aromatic rings. The Balaban J connectivity index is 2.10. The zero-order valence-electron chi connectivity index (χ0n) is 10.3. The van der Waals surface area contributed by atoms with Gasteiger partial charge in [-0.25, -0.2) is 4.98 Å². The summed E-state index contributed by atoms with van der Waals surface area (Å²) in [5.74, 6) is 1.06. The van der Waals surface area contributed by atoms with E-state index in [1.165, 1.54) is 4.88 Å². The molecule has 5 heteroatoms. The van der Waals surface area contributed by atoms with Gasteiger partial charge in [0.2, 0.25) is 0 Å². The summed E-state index contributed by atoms with van der Waals surface area (Å²) >= 11 is 1.78. The van der Waals surface area contributed by atoms with E-state index in [2.05, 4.69) is 39.8 Å². The van der Waals surface area contributed by atoms with Crippen LogP contribution in [0.25, 0.3) is 0 Å². The maximum atomic E-state index is 4.35. The van der Waals surface area contributed by atoms with E-state index in [4.69, 9.17) is 0 Å². The Bertz CT molecular complexity index is 435. The van der Waals surface area contributed by atoms with Gasteiger partial charge in [-0.2, -0.15) is 5.10 Å². The minimum atomic E-state index is 0.329. The lowest BCUT2D eigenvalue weighted by molar-refractivity contribution is 0.521. The monoisotopic (exact) mass is 250 g/mol. The summed E-state index contributed by atoms with van der Waals surface area (Å²) in [5, 5.41) is 9.70.